The van der Waals surface area contributed by atoms with E-state index in [4.69, 9.17) is 4.74 Å². The number of anilines is 2. The standard InChI is InChI=1S/C20H12N4O3S/c25-19(11-5-7-14-16(9-11)24-28-23-14)21-12-6-8-17-13(10-12)20(26)22-15-3-1-2-4-18(15)27-17/h1-10H,(H,21,25)(H,22,26). The summed E-state index contributed by atoms with van der Waals surface area (Å²) in [6, 6.07) is 17.3. The zero-order valence-corrected chi connectivity index (χ0v) is 15.1. The van der Waals surface area contributed by atoms with Crippen LogP contribution in [-0.4, -0.2) is 20.6 Å². The van der Waals surface area contributed by atoms with E-state index < -0.39 is 0 Å². The molecule has 2 amide bonds. The topological polar surface area (TPSA) is 93.2 Å². The Labute approximate surface area is 163 Å². The lowest BCUT2D eigenvalue weighted by Gasteiger charge is -2.10. The quantitative estimate of drug-likeness (QED) is 0.534. The number of aromatic nitrogens is 2. The molecule has 28 heavy (non-hydrogen) atoms. The number of hydrogen-bond donors (Lipinski definition) is 2. The average Bonchev–Trinajstić information content (AvgIpc) is 3.12. The van der Waals surface area contributed by atoms with Crippen LogP contribution in [0, 0.1) is 0 Å². The molecule has 2 heterocycles. The maximum absolute atomic E-state index is 12.6. The zero-order valence-electron chi connectivity index (χ0n) is 14.3. The van der Waals surface area contributed by atoms with Crippen molar-refractivity contribution in [2.24, 2.45) is 0 Å². The number of nitrogens with zero attached hydrogens (tertiary/aromatic N) is 2. The molecule has 1 aliphatic rings. The Morgan fingerprint density at radius 3 is 2.75 bits per heavy atom. The van der Waals surface area contributed by atoms with Crippen LogP contribution in [0.5, 0.6) is 11.5 Å². The molecule has 2 N–H and O–H groups in total. The third-order valence-electron chi connectivity index (χ3n) is 4.35. The lowest BCUT2D eigenvalue weighted by Crippen LogP contribution is -2.14. The number of carbonyl (C=O) groups is 2. The Kier molecular flexibility index (Phi) is 3.77. The molecule has 0 spiro atoms. The summed E-state index contributed by atoms with van der Waals surface area (Å²) in [6.45, 7) is 0. The highest BCUT2D eigenvalue weighted by atomic mass is 32.1. The first kappa shape index (κ1) is 16.4. The summed E-state index contributed by atoms with van der Waals surface area (Å²) >= 11 is 1.10. The minimum absolute atomic E-state index is 0.298. The van der Waals surface area contributed by atoms with Gasteiger partial charge < -0.3 is 15.4 Å². The van der Waals surface area contributed by atoms with Gasteiger partial charge in [-0.3, -0.25) is 9.59 Å². The smallest absolute Gasteiger partial charge is 0.259 e. The van der Waals surface area contributed by atoms with Crippen molar-refractivity contribution in [3.05, 3.63) is 71.8 Å². The number of fused-ring (bicyclic) bond motifs is 3. The van der Waals surface area contributed by atoms with Gasteiger partial charge in [0.2, 0.25) is 0 Å². The van der Waals surface area contributed by atoms with Crippen LogP contribution >= 0.6 is 11.7 Å². The molecule has 0 saturated heterocycles. The van der Waals surface area contributed by atoms with E-state index in [0.29, 0.717) is 39.5 Å². The molecule has 0 fully saturated rings. The molecule has 0 bridgehead atoms. The molecular weight excluding hydrogens is 376 g/mol. The van der Waals surface area contributed by atoms with Crippen molar-refractivity contribution in [2.45, 2.75) is 0 Å². The van der Waals surface area contributed by atoms with Gasteiger partial charge in [-0.1, -0.05) is 12.1 Å². The summed E-state index contributed by atoms with van der Waals surface area (Å²) < 4.78 is 14.1. The summed E-state index contributed by atoms with van der Waals surface area (Å²) in [5, 5.41) is 5.63. The number of hydrogen-bond acceptors (Lipinski definition) is 6. The fourth-order valence-corrected chi connectivity index (χ4v) is 3.49. The fourth-order valence-electron chi connectivity index (χ4n) is 2.97. The summed E-state index contributed by atoms with van der Waals surface area (Å²) in [5.74, 6) is 0.395. The Morgan fingerprint density at radius 1 is 0.964 bits per heavy atom. The highest BCUT2D eigenvalue weighted by Crippen LogP contribution is 2.36. The second kappa shape index (κ2) is 6.43. The van der Waals surface area contributed by atoms with Crippen molar-refractivity contribution in [2.75, 3.05) is 10.6 Å². The Hall–Kier alpha value is -3.78. The van der Waals surface area contributed by atoms with Gasteiger partial charge in [-0.2, -0.15) is 8.75 Å². The van der Waals surface area contributed by atoms with E-state index in [2.05, 4.69) is 19.4 Å². The van der Waals surface area contributed by atoms with Gasteiger partial charge in [0.05, 0.1) is 23.0 Å². The third kappa shape index (κ3) is 2.85. The van der Waals surface area contributed by atoms with Crippen molar-refractivity contribution in [3.63, 3.8) is 0 Å². The molecule has 4 aromatic rings. The number of nitrogens with one attached hydrogen (secondary N) is 2. The van der Waals surface area contributed by atoms with Crippen LogP contribution in [0.15, 0.2) is 60.7 Å². The maximum Gasteiger partial charge on any atom is 0.259 e. The molecule has 0 atom stereocenters. The SMILES string of the molecule is O=C(Nc1ccc2c(c1)C(=O)Nc1ccccc1O2)c1ccc2nsnc2c1. The van der Waals surface area contributed by atoms with Crippen LogP contribution < -0.4 is 15.4 Å². The maximum atomic E-state index is 12.6. The highest BCUT2D eigenvalue weighted by Gasteiger charge is 2.21. The number of ether oxygens (including phenoxy) is 1. The summed E-state index contributed by atoms with van der Waals surface area (Å²) in [6.07, 6.45) is 0. The lowest BCUT2D eigenvalue weighted by atomic mass is 10.1. The van der Waals surface area contributed by atoms with Gasteiger partial charge in [0, 0.05) is 11.3 Å². The van der Waals surface area contributed by atoms with Gasteiger partial charge in [0.1, 0.15) is 16.8 Å². The van der Waals surface area contributed by atoms with Crippen LogP contribution in [0.4, 0.5) is 11.4 Å². The summed E-state index contributed by atoms with van der Waals surface area (Å²) in [4.78, 5) is 25.2. The number of para-hydroxylation sites is 2. The van der Waals surface area contributed by atoms with E-state index >= 15 is 0 Å². The molecule has 3 aromatic carbocycles. The molecule has 1 aromatic heterocycles. The largest absolute Gasteiger partial charge is 0.454 e. The van der Waals surface area contributed by atoms with Gasteiger partial charge in [-0.05, 0) is 48.5 Å². The number of amides is 2. The van der Waals surface area contributed by atoms with Gasteiger partial charge in [0.15, 0.2) is 5.75 Å². The molecule has 0 unspecified atom stereocenters. The third-order valence-corrected chi connectivity index (χ3v) is 4.91. The summed E-state index contributed by atoms with van der Waals surface area (Å²) in [5.41, 5.74) is 3.31. The second-order valence-corrected chi connectivity index (χ2v) is 6.71. The van der Waals surface area contributed by atoms with Crippen molar-refractivity contribution in [3.8, 4) is 11.5 Å². The molecule has 0 aliphatic carbocycles. The minimum Gasteiger partial charge on any atom is -0.454 e. The van der Waals surface area contributed by atoms with E-state index in [1.807, 2.05) is 12.1 Å². The molecule has 1 aliphatic heterocycles. The van der Waals surface area contributed by atoms with Crippen molar-refractivity contribution in [1.29, 1.82) is 0 Å². The molecular formula is C20H12N4O3S. The van der Waals surface area contributed by atoms with Crippen LogP contribution in [0.25, 0.3) is 11.0 Å². The van der Waals surface area contributed by atoms with Crippen LogP contribution in [0.2, 0.25) is 0 Å². The van der Waals surface area contributed by atoms with Gasteiger partial charge >= 0.3 is 0 Å². The molecule has 0 saturated carbocycles. The van der Waals surface area contributed by atoms with E-state index in [1.54, 1.807) is 48.5 Å². The van der Waals surface area contributed by atoms with Crippen molar-refractivity contribution < 1.29 is 14.3 Å². The molecule has 7 nitrogen and oxygen atoms in total. The van der Waals surface area contributed by atoms with Crippen LogP contribution in [0.1, 0.15) is 20.7 Å². The highest BCUT2D eigenvalue weighted by molar-refractivity contribution is 7.00. The second-order valence-electron chi connectivity index (χ2n) is 6.19. The van der Waals surface area contributed by atoms with E-state index in [9.17, 15) is 9.59 Å². The normalized spacial score (nSPS) is 12.4. The monoisotopic (exact) mass is 388 g/mol. The predicted molar refractivity (Wildman–Crippen MR) is 106 cm³/mol. The average molecular weight is 388 g/mol. The Bertz CT molecular complexity index is 1250. The molecule has 0 radical (unpaired) electrons. The number of rotatable bonds is 2. The molecule has 136 valence electrons. The molecule has 5 rings (SSSR count). The van der Waals surface area contributed by atoms with Crippen LogP contribution in [0.3, 0.4) is 0 Å². The first-order valence-electron chi connectivity index (χ1n) is 8.43. The zero-order chi connectivity index (χ0) is 19.1. The number of benzene rings is 3. The van der Waals surface area contributed by atoms with Crippen molar-refractivity contribution in [1.82, 2.24) is 8.75 Å². The summed E-state index contributed by atoms with van der Waals surface area (Å²) in [7, 11) is 0. The predicted octanol–water partition coefficient (Wildman–Crippen LogP) is 4.30. The van der Waals surface area contributed by atoms with E-state index in [1.165, 1.54) is 0 Å². The van der Waals surface area contributed by atoms with E-state index in [-0.39, 0.29) is 11.8 Å². The van der Waals surface area contributed by atoms with Gasteiger partial charge in [0.25, 0.3) is 11.8 Å². The van der Waals surface area contributed by atoms with Crippen LogP contribution in [-0.2, 0) is 0 Å². The lowest BCUT2D eigenvalue weighted by molar-refractivity contribution is 0.101. The first-order chi connectivity index (χ1) is 13.7. The van der Waals surface area contributed by atoms with Gasteiger partial charge in [-0.25, -0.2) is 0 Å². The fraction of sp³-hybridized carbons (Fsp3) is 0. The Morgan fingerprint density at radius 2 is 1.82 bits per heavy atom. The first-order valence-corrected chi connectivity index (χ1v) is 9.16. The van der Waals surface area contributed by atoms with Gasteiger partial charge in [-0.15, -0.1) is 0 Å². The van der Waals surface area contributed by atoms with Crippen molar-refractivity contribution >= 4 is 46.0 Å². The number of carbonyl (C=O) groups excluding carboxylic acids is 2. The Balaban J connectivity index is 1.43. The molecule has 8 heteroatoms. The van der Waals surface area contributed by atoms with E-state index in [0.717, 1.165) is 17.2 Å². The minimum atomic E-state index is -0.300.